The van der Waals surface area contributed by atoms with Gasteiger partial charge in [-0.1, -0.05) is 60.7 Å². The van der Waals surface area contributed by atoms with E-state index < -0.39 is 0 Å². The Morgan fingerprint density at radius 2 is 1.83 bits per heavy atom. The summed E-state index contributed by atoms with van der Waals surface area (Å²) < 4.78 is 1.86. The van der Waals surface area contributed by atoms with Gasteiger partial charge in [0.1, 0.15) is 5.69 Å². The van der Waals surface area contributed by atoms with Crippen molar-refractivity contribution in [3.05, 3.63) is 78.0 Å². The van der Waals surface area contributed by atoms with Crippen LogP contribution in [0.15, 0.2) is 66.9 Å². The Morgan fingerprint density at radius 3 is 2.52 bits per heavy atom. The molecule has 1 saturated heterocycles. The van der Waals surface area contributed by atoms with Crippen molar-refractivity contribution in [2.75, 3.05) is 19.6 Å². The van der Waals surface area contributed by atoms with Crippen molar-refractivity contribution in [1.82, 2.24) is 20.4 Å². The summed E-state index contributed by atoms with van der Waals surface area (Å²) in [4.78, 5) is 13.0. The molecule has 0 bridgehead atoms. The Hall–Kier alpha value is -2.63. The summed E-state index contributed by atoms with van der Waals surface area (Å²) in [6.45, 7) is 3.39. The molecule has 1 aliphatic rings. The molecule has 4 rings (SSSR count). The van der Waals surface area contributed by atoms with E-state index >= 15 is 0 Å². The molecule has 2 N–H and O–H groups in total. The van der Waals surface area contributed by atoms with E-state index in [2.05, 4.69) is 22.8 Å². The number of rotatable bonds is 6. The molecule has 1 atom stereocenters. The first-order valence-electron chi connectivity index (χ1n) is 9.95. The molecule has 3 aromatic rings. The number of halogens is 1. The van der Waals surface area contributed by atoms with E-state index in [1.54, 1.807) is 0 Å². The van der Waals surface area contributed by atoms with Crippen LogP contribution in [0.4, 0.5) is 0 Å². The average Bonchev–Trinajstić information content (AvgIpc) is 3.18. The van der Waals surface area contributed by atoms with Crippen LogP contribution in [0.1, 0.15) is 28.8 Å². The van der Waals surface area contributed by atoms with Gasteiger partial charge in [-0.2, -0.15) is 5.10 Å². The van der Waals surface area contributed by atoms with E-state index in [9.17, 15) is 4.79 Å². The second-order valence-corrected chi connectivity index (χ2v) is 7.36. The molecule has 2 heterocycles. The molecule has 2 aromatic carbocycles. The van der Waals surface area contributed by atoms with Crippen LogP contribution in [0.3, 0.4) is 0 Å². The van der Waals surface area contributed by atoms with Crippen LogP contribution < -0.4 is 10.6 Å². The highest BCUT2D eigenvalue weighted by atomic mass is 35.5. The third kappa shape index (κ3) is 5.46. The Bertz CT molecular complexity index is 905. The number of piperidine rings is 1. The lowest BCUT2D eigenvalue weighted by Gasteiger charge is -2.22. The monoisotopic (exact) mass is 410 g/mol. The van der Waals surface area contributed by atoms with Crippen molar-refractivity contribution >= 4 is 18.3 Å². The smallest absolute Gasteiger partial charge is 0.255 e. The van der Waals surface area contributed by atoms with Gasteiger partial charge in [-0.05, 0) is 37.4 Å². The first-order chi connectivity index (χ1) is 13.8. The van der Waals surface area contributed by atoms with Gasteiger partial charge in [-0.25, -0.2) is 0 Å². The predicted octanol–water partition coefficient (Wildman–Crippen LogP) is 3.75. The van der Waals surface area contributed by atoms with Gasteiger partial charge < -0.3 is 10.6 Å². The Kier molecular flexibility index (Phi) is 7.44. The van der Waals surface area contributed by atoms with Gasteiger partial charge >= 0.3 is 0 Å². The SMILES string of the molecule is Cl.O=C(NCC1CCCNC1)c1cn(Cc2ccccc2)nc1-c1ccccc1. The van der Waals surface area contributed by atoms with Crippen LogP contribution in [-0.2, 0) is 6.54 Å². The number of aromatic nitrogens is 2. The second-order valence-electron chi connectivity index (χ2n) is 7.36. The van der Waals surface area contributed by atoms with Crippen LogP contribution in [0, 0.1) is 5.92 Å². The van der Waals surface area contributed by atoms with Gasteiger partial charge in [0.2, 0.25) is 0 Å². The summed E-state index contributed by atoms with van der Waals surface area (Å²) in [7, 11) is 0. The van der Waals surface area contributed by atoms with Gasteiger partial charge in [0.15, 0.2) is 0 Å². The van der Waals surface area contributed by atoms with Crippen LogP contribution in [0.2, 0.25) is 0 Å². The maximum absolute atomic E-state index is 13.0. The zero-order valence-corrected chi connectivity index (χ0v) is 17.2. The van der Waals surface area contributed by atoms with Crippen molar-refractivity contribution in [1.29, 1.82) is 0 Å². The van der Waals surface area contributed by atoms with Crippen LogP contribution in [0.5, 0.6) is 0 Å². The summed E-state index contributed by atoms with van der Waals surface area (Å²) in [5.74, 6) is 0.445. The summed E-state index contributed by atoms with van der Waals surface area (Å²) in [5.41, 5.74) is 3.48. The summed E-state index contributed by atoms with van der Waals surface area (Å²) in [6, 6.07) is 20.1. The molecular weight excluding hydrogens is 384 g/mol. The molecular formula is C23H27ClN4O. The normalized spacial score (nSPS) is 16.1. The molecule has 1 aliphatic heterocycles. The maximum Gasteiger partial charge on any atom is 0.255 e. The summed E-state index contributed by atoms with van der Waals surface area (Å²) >= 11 is 0. The Balaban J connectivity index is 0.00000240. The third-order valence-corrected chi connectivity index (χ3v) is 5.19. The minimum atomic E-state index is -0.0521. The minimum absolute atomic E-state index is 0. The van der Waals surface area contributed by atoms with E-state index in [1.165, 1.54) is 6.42 Å². The number of carbonyl (C=O) groups is 1. The van der Waals surface area contributed by atoms with Crippen molar-refractivity contribution in [3.63, 3.8) is 0 Å². The quantitative estimate of drug-likeness (QED) is 0.650. The molecule has 29 heavy (non-hydrogen) atoms. The standard InChI is InChI=1S/C23H26N4O.ClH/c28-23(25-15-19-10-7-13-24-14-19)21-17-27(16-18-8-3-1-4-9-18)26-22(21)20-11-5-2-6-12-20;/h1-6,8-9,11-12,17,19,24H,7,10,13-16H2,(H,25,28);1H. The van der Waals surface area contributed by atoms with Gasteiger partial charge in [-0.3, -0.25) is 9.48 Å². The van der Waals surface area contributed by atoms with Gasteiger partial charge in [0.05, 0.1) is 12.1 Å². The van der Waals surface area contributed by atoms with Crippen LogP contribution in [0.25, 0.3) is 11.3 Å². The molecule has 0 spiro atoms. The Labute approximate surface area is 177 Å². The van der Waals surface area contributed by atoms with Crippen molar-refractivity contribution in [2.24, 2.45) is 5.92 Å². The highest BCUT2D eigenvalue weighted by Gasteiger charge is 2.20. The zero-order valence-electron chi connectivity index (χ0n) is 16.4. The minimum Gasteiger partial charge on any atom is -0.352 e. The van der Waals surface area contributed by atoms with E-state index in [4.69, 9.17) is 5.10 Å². The molecule has 1 fully saturated rings. The molecule has 1 amide bonds. The lowest BCUT2D eigenvalue weighted by Crippen LogP contribution is -2.38. The molecule has 152 valence electrons. The van der Waals surface area contributed by atoms with E-state index in [0.29, 0.717) is 24.6 Å². The molecule has 5 nitrogen and oxygen atoms in total. The van der Waals surface area contributed by atoms with Crippen molar-refractivity contribution in [2.45, 2.75) is 19.4 Å². The molecule has 6 heteroatoms. The molecule has 0 aliphatic carbocycles. The topological polar surface area (TPSA) is 59.0 Å². The highest BCUT2D eigenvalue weighted by Crippen LogP contribution is 2.22. The van der Waals surface area contributed by atoms with Crippen LogP contribution >= 0.6 is 12.4 Å². The van der Waals surface area contributed by atoms with Gasteiger partial charge in [-0.15, -0.1) is 12.4 Å². The number of nitrogens with zero attached hydrogens (tertiary/aromatic N) is 2. The lowest BCUT2D eigenvalue weighted by molar-refractivity contribution is 0.0945. The van der Waals surface area contributed by atoms with E-state index in [0.717, 1.165) is 36.3 Å². The second kappa shape index (κ2) is 10.2. The van der Waals surface area contributed by atoms with Gasteiger partial charge in [0.25, 0.3) is 5.91 Å². The number of hydrogen-bond acceptors (Lipinski definition) is 3. The van der Waals surface area contributed by atoms with Crippen molar-refractivity contribution in [3.8, 4) is 11.3 Å². The Morgan fingerprint density at radius 1 is 1.10 bits per heavy atom. The fraction of sp³-hybridized carbons (Fsp3) is 0.304. The van der Waals surface area contributed by atoms with E-state index in [-0.39, 0.29) is 18.3 Å². The summed E-state index contributed by atoms with van der Waals surface area (Å²) in [5, 5.41) is 11.3. The first kappa shape index (κ1) is 21.1. The molecule has 0 saturated carbocycles. The fourth-order valence-corrected chi connectivity index (χ4v) is 3.68. The number of amides is 1. The third-order valence-electron chi connectivity index (χ3n) is 5.19. The fourth-order valence-electron chi connectivity index (χ4n) is 3.68. The zero-order chi connectivity index (χ0) is 19.2. The molecule has 1 aromatic heterocycles. The van der Waals surface area contributed by atoms with Gasteiger partial charge in [0, 0.05) is 18.3 Å². The average molecular weight is 411 g/mol. The van der Waals surface area contributed by atoms with Crippen LogP contribution in [-0.4, -0.2) is 35.3 Å². The molecule has 0 radical (unpaired) electrons. The number of benzene rings is 2. The highest BCUT2D eigenvalue weighted by molar-refractivity contribution is 5.99. The molecule has 1 unspecified atom stereocenters. The first-order valence-corrected chi connectivity index (χ1v) is 9.95. The van der Waals surface area contributed by atoms with Crippen molar-refractivity contribution < 1.29 is 4.79 Å². The van der Waals surface area contributed by atoms with E-state index in [1.807, 2.05) is 59.4 Å². The largest absolute Gasteiger partial charge is 0.352 e. The maximum atomic E-state index is 13.0. The summed E-state index contributed by atoms with van der Waals surface area (Å²) in [6.07, 6.45) is 4.20. The number of hydrogen-bond donors (Lipinski definition) is 2. The number of nitrogens with one attached hydrogen (secondary N) is 2. The predicted molar refractivity (Wildman–Crippen MR) is 118 cm³/mol. The lowest BCUT2D eigenvalue weighted by atomic mass is 9.99. The number of carbonyl (C=O) groups excluding carboxylic acids is 1.